The highest BCUT2D eigenvalue weighted by molar-refractivity contribution is 9.10. The average Bonchev–Trinajstić information content (AvgIpc) is 2.66. The van der Waals surface area contributed by atoms with E-state index in [0.29, 0.717) is 15.7 Å². The second kappa shape index (κ2) is 4.10. The minimum atomic E-state index is -1.37. The van der Waals surface area contributed by atoms with Gasteiger partial charge in [-0.25, -0.2) is 9.18 Å². The third-order valence-electron chi connectivity index (χ3n) is 2.55. The summed E-state index contributed by atoms with van der Waals surface area (Å²) in [5.41, 5.74) is -0.447. The van der Waals surface area contributed by atoms with Gasteiger partial charge in [0, 0.05) is 16.5 Å². The third-order valence-corrected chi connectivity index (χ3v) is 3.25. The predicted octanol–water partition coefficient (Wildman–Crippen LogP) is 2.56. The van der Waals surface area contributed by atoms with Gasteiger partial charge >= 0.3 is 5.97 Å². The maximum absolute atomic E-state index is 13.1. The minimum Gasteiger partial charge on any atom is -0.478 e. The van der Waals surface area contributed by atoms with Crippen LogP contribution in [0.25, 0.3) is 0 Å². The molecule has 2 rings (SSSR count). The Morgan fingerprint density at radius 1 is 1.65 bits per heavy atom. The lowest BCUT2D eigenvalue weighted by atomic mass is 9.96. The van der Waals surface area contributed by atoms with Crippen LogP contribution < -0.4 is 0 Å². The summed E-state index contributed by atoms with van der Waals surface area (Å²) in [5.74, 6) is -1.50. The molecule has 0 radical (unpaired) electrons. The Kier molecular flexibility index (Phi) is 2.91. The standard InChI is InChI=1S/C11H9BrFNO3/c1-11(10(15)16)5-9(14-17-11)7-4-6(13)2-3-8(7)12/h2-4H,5H2,1H3,(H,15,16). The number of hydrogen-bond donors (Lipinski definition) is 1. The number of carboxylic acids is 1. The van der Waals surface area contributed by atoms with Gasteiger partial charge in [0.05, 0.1) is 5.71 Å². The number of oxime groups is 1. The summed E-state index contributed by atoms with van der Waals surface area (Å²) in [4.78, 5) is 15.9. The molecule has 1 aliphatic heterocycles. The topological polar surface area (TPSA) is 58.9 Å². The van der Waals surface area contributed by atoms with Gasteiger partial charge in [0.2, 0.25) is 5.60 Å². The molecule has 1 aromatic rings. The largest absolute Gasteiger partial charge is 0.478 e. The normalized spacial score (nSPS) is 23.1. The van der Waals surface area contributed by atoms with E-state index in [1.807, 2.05) is 0 Å². The molecule has 6 heteroatoms. The van der Waals surface area contributed by atoms with Gasteiger partial charge in [0.15, 0.2) is 0 Å². The van der Waals surface area contributed by atoms with Crippen molar-refractivity contribution in [2.45, 2.75) is 18.9 Å². The van der Waals surface area contributed by atoms with Crippen LogP contribution in [0.3, 0.4) is 0 Å². The fourth-order valence-corrected chi connectivity index (χ4v) is 1.99. The summed E-state index contributed by atoms with van der Waals surface area (Å²) in [5, 5.41) is 12.7. The highest BCUT2D eigenvalue weighted by Crippen LogP contribution is 2.30. The average molecular weight is 302 g/mol. The Morgan fingerprint density at radius 3 is 2.94 bits per heavy atom. The first-order chi connectivity index (χ1) is 7.92. The molecule has 17 heavy (non-hydrogen) atoms. The van der Waals surface area contributed by atoms with E-state index in [1.54, 1.807) is 6.07 Å². The van der Waals surface area contributed by atoms with Gasteiger partial charge in [-0.1, -0.05) is 21.1 Å². The number of nitrogens with zero attached hydrogens (tertiary/aromatic N) is 1. The van der Waals surface area contributed by atoms with Gasteiger partial charge in [0.25, 0.3) is 0 Å². The van der Waals surface area contributed by atoms with Gasteiger partial charge in [-0.2, -0.15) is 0 Å². The van der Waals surface area contributed by atoms with Crippen LogP contribution in [0.1, 0.15) is 18.9 Å². The molecule has 1 atom stereocenters. The van der Waals surface area contributed by atoms with E-state index in [2.05, 4.69) is 21.1 Å². The van der Waals surface area contributed by atoms with Crippen LogP contribution in [0, 0.1) is 5.82 Å². The van der Waals surface area contributed by atoms with Gasteiger partial charge in [-0.15, -0.1) is 0 Å². The molecule has 1 unspecified atom stereocenters. The van der Waals surface area contributed by atoms with Crippen LogP contribution in [0.15, 0.2) is 27.8 Å². The molecule has 1 N–H and O–H groups in total. The van der Waals surface area contributed by atoms with E-state index in [-0.39, 0.29) is 6.42 Å². The van der Waals surface area contributed by atoms with Crippen molar-refractivity contribution in [2.24, 2.45) is 5.16 Å². The molecule has 1 aromatic carbocycles. The van der Waals surface area contributed by atoms with E-state index < -0.39 is 17.4 Å². The van der Waals surface area contributed by atoms with Crippen molar-refractivity contribution >= 4 is 27.6 Å². The fourth-order valence-electron chi connectivity index (χ4n) is 1.52. The quantitative estimate of drug-likeness (QED) is 0.913. The van der Waals surface area contributed by atoms with E-state index in [9.17, 15) is 9.18 Å². The molecule has 0 aromatic heterocycles. The Hall–Kier alpha value is -1.43. The molecule has 0 fully saturated rings. The molecule has 0 spiro atoms. The van der Waals surface area contributed by atoms with Gasteiger partial charge in [-0.3, -0.25) is 0 Å². The van der Waals surface area contributed by atoms with E-state index in [0.717, 1.165) is 0 Å². The Bertz CT molecular complexity index is 517. The predicted molar refractivity (Wildman–Crippen MR) is 62.4 cm³/mol. The number of benzene rings is 1. The first-order valence-electron chi connectivity index (χ1n) is 4.86. The zero-order chi connectivity index (χ0) is 12.6. The number of aliphatic carboxylic acids is 1. The van der Waals surface area contributed by atoms with Crippen molar-refractivity contribution in [3.63, 3.8) is 0 Å². The van der Waals surface area contributed by atoms with Crippen LogP contribution in [-0.2, 0) is 9.63 Å². The first kappa shape index (κ1) is 12.0. The molecule has 0 bridgehead atoms. The summed E-state index contributed by atoms with van der Waals surface area (Å²) in [6.45, 7) is 1.43. The number of carbonyl (C=O) groups is 1. The molecule has 0 aliphatic carbocycles. The maximum Gasteiger partial charge on any atom is 0.351 e. The van der Waals surface area contributed by atoms with E-state index in [4.69, 9.17) is 9.94 Å². The van der Waals surface area contributed by atoms with Crippen molar-refractivity contribution in [1.82, 2.24) is 0 Å². The Morgan fingerprint density at radius 2 is 2.35 bits per heavy atom. The minimum absolute atomic E-state index is 0.102. The fraction of sp³-hybridized carbons (Fsp3) is 0.273. The van der Waals surface area contributed by atoms with Crippen LogP contribution in [0.5, 0.6) is 0 Å². The summed E-state index contributed by atoms with van der Waals surface area (Å²) < 4.78 is 13.8. The second-order valence-corrected chi connectivity index (χ2v) is 4.82. The molecule has 1 heterocycles. The molecular formula is C11H9BrFNO3. The lowest BCUT2D eigenvalue weighted by Crippen LogP contribution is -2.35. The van der Waals surface area contributed by atoms with Gasteiger partial charge in [0.1, 0.15) is 5.82 Å². The molecule has 90 valence electrons. The van der Waals surface area contributed by atoms with Gasteiger partial charge in [-0.05, 0) is 25.1 Å². The van der Waals surface area contributed by atoms with Crippen molar-refractivity contribution in [3.05, 3.63) is 34.1 Å². The summed E-state index contributed by atoms with van der Waals surface area (Å²) in [6, 6.07) is 4.14. The SMILES string of the molecule is CC1(C(=O)O)CC(c2cc(F)ccc2Br)=NO1. The summed E-state index contributed by atoms with van der Waals surface area (Å²) in [6.07, 6.45) is 0.102. The number of hydrogen-bond acceptors (Lipinski definition) is 3. The number of rotatable bonds is 2. The van der Waals surface area contributed by atoms with Crippen molar-refractivity contribution in [3.8, 4) is 0 Å². The Labute approximate surface area is 105 Å². The van der Waals surface area contributed by atoms with Crippen LogP contribution in [0.4, 0.5) is 4.39 Å². The zero-order valence-electron chi connectivity index (χ0n) is 8.91. The summed E-state index contributed by atoms with van der Waals surface area (Å²) in [7, 11) is 0. The molecule has 0 saturated heterocycles. The van der Waals surface area contributed by atoms with Crippen LogP contribution in [0.2, 0.25) is 0 Å². The molecular weight excluding hydrogens is 293 g/mol. The Balaban J connectivity index is 2.32. The van der Waals surface area contributed by atoms with Crippen LogP contribution >= 0.6 is 15.9 Å². The molecule has 1 aliphatic rings. The van der Waals surface area contributed by atoms with Crippen molar-refractivity contribution < 1.29 is 19.1 Å². The number of halogens is 2. The van der Waals surface area contributed by atoms with E-state index in [1.165, 1.54) is 19.1 Å². The van der Waals surface area contributed by atoms with E-state index >= 15 is 0 Å². The maximum atomic E-state index is 13.1. The molecule has 0 saturated carbocycles. The molecule has 4 nitrogen and oxygen atoms in total. The highest BCUT2D eigenvalue weighted by Gasteiger charge is 2.42. The first-order valence-corrected chi connectivity index (χ1v) is 5.65. The lowest BCUT2D eigenvalue weighted by Gasteiger charge is -2.14. The lowest BCUT2D eigenvalue weighted by molar-refractivity contribution is -0.160. The summed E-state index contributed by atoms with van der Waals surface area (Å²) >= 11 is 3.26. The zero-order valence-corrected chi connectivity index (χ0v) is 10.5. The highest BCUT2D eigenvalue weighted by atomic mass is 79.9. The monoisotopic (exact) mass is 301 g/mol. The van der Waals surface area contributed by atoms with Crippen LogP contribution in [-0.4, -0.2) is 22.4 Å². The second-order valence-electron chi connectivity index (χ2n) is 3.97. The van der Waals surface area contributed by atoms with Crippen molar-refractivity contribution in [1.29, 1.82) is 0 Å². The third kappa shape index (κ3) is 2.17. The smallest absolute Gasteiger partial charge is 0.351 e. The molecule has 0 amide bonds. The van der Waals surface area contributed by atoms with Gasteiger partial charge < -0.3 is 9.94 Å². The van der Waals surface area contributed by atoms with Crippen molar-refractivity contribution in [2.75, 3.05) is 0 Å². The number of carboxylic acid groups (broad SMARTS) is 1.